The van der Waals surface area contributed by atoms with Crippen molar-refractivity contribution in [2.24, 2.45) is 0 Å². The van der Waals surface area contributed by atoms with E-state index in [1.165, 1.54) is 6.07 Å². The third-order valence-corrected chi connectivity index (χ3v) is 6.89. The lowest BCUT2D eigenvalue weighted by atomic mass is 9.70. The van der Waals surface area contributed by atoms with E-state index in [9.17, 15) is 9.18 Å². The Morgan fingerprint density at radius 3 is 2.34 bits per heavy atom. The van der Waals surface area contributed by atoms with Crippen molar-refractivity contribution in [3.8, 4) is 0 Å². The van der Waals surface area contributed by atoms with Crippen LogP contribution in [0.15, 0.2) is 45.3 Å². The van der Waals surface area contributed by atoms with E-state index in [1.807, 2.05) is 37.4 Å². The van der Waals surface area contributed by atoms with Crippen LogP contribution < -0.4 is 0 Å². The molecule has 1 amide bonds. The van der Waals surface area contributed by atoms with Crippen molar-refractivity contribution in [1.29, 1.82) is 0 Å². The molecule has 0 spiro atoms. The Morgan fingerprint density at radius 2 is 1.76 bits per heavy atom. The van der Waals surface area contributed by atoms with Gasteiger partial charge in [0.25, 0.3) is 0 Å². The van der Waals surface area contributed by atoms with Crippen LogP contribution in [-0.2, 0) is 16.8 Å². The molecule has 3 nitrogen and oxygen atoms in total. The van der Waals surface area contributed by atoms with Gasteiger partial charge in [0.1, 0.15) is 5.82 Å². The van der Waals surface area contributed by atoms with Crippen molar-refractivity contribution in [2.45, 2.75) is 38.1 Å². The Bertz CT molecular complexity index is 874. The summed E-state index contributed by atoms with van der Waals surface area (Å²) in [6.45, 7) is 4.22. The topological polar surface area (TPSA) is 23.6 Å². The molecule has 1 saturated heterocycles. The molecule has 1 aliphatic rings. The summed E-state index contributed by atoms with van der Waals surface area (Å²) in [5, 5.41) is 0. The minimum absolute atomic E-state index is 0.118. The summed E-state index contributed by atoms with van der Waals surface area (Å²) in [4.78, 5) is 17.3. The van der Waals surface area contributed by atoms with Crippen molar-refractivity contribution in [1.82, 2.24) is 9.80 Å². The molecule has 0 unspecified atom stereocenters. The smallest absolute Gasteiger partial charge is 0.223 e. The Hall–Kier alpha value is -1.24. The van der Waals surface area contributed by atoms with Gasteiger partial charge in [-0.15, -0.1) is 0 Å². The van der Waals surface area contributed by atoms with Crippen LogP contribution in [0.5, 0.6) is 0 Å². The van der Waals surface area contributed by atoms with E-state index in [-0.39, 0.29) is 17.1 Å². The number of likely N-dealkylation sites (tertiary alicyclic amines) is 1. The Morgan fingerprint density at radius 1 is 1.14 bits per heavy atom. The zero-order valence-electron chi connectivity index (χ0n) is 17.1. The highest BCUT2D eigenvalue weighted by Gasteiger charge is 2.38. The van der Waals surface area contributed by atoms with Gasteiger partial charge in [0, 0.05) is 34.4 Å². The number of nitrogens with zero attached hydrogens (tertiary/aromatic N) is 2. The fourth-order valence-electron chi connectivity index (χ4n) is 4.08. The van der Waals surface area contributed by atoms with Crippen molar-refractivity contribution in [2.75, 3.05) is 27.2 Å². The monoisotopic (exact) mass is 524 g/mol. The summed E-state index contributed by atoms with van der Waals surface area (Å²) in [5.41, 5.74) is 2.54. The number of carbonyl (C=O) groups is 1. The van der Waals surface area contributed by atoms with Gasteiger partial charge in [-0.05, 0) is 80.9 Å². The van der Waals surface area contributed by atoms with Crippen LogP contribution in [0.3, 0.4) is 0 Å². The number of piperidine rings is 1. The van der Waals surface area contributed by atoms with Crippen LogP contribution in [0.4, 0.5) is 4.39 Å². The summed E-state index contributed by atoms with van der Waals surface area (Å²) in [5.74, 6) is -0.0758. The lowest BCUT2D eigenvalue weighted by Gasteiger charge is -2.41. The predicted octanol–water partition coefficient (Wildman–Crippen LogP) is 5.67. The molecule has 1 aliphatic heterocycles. The zero-order valence-corrected chi connectivity index (χ0v) is 20.3. The van der Waals surface area contributed by atoms with E-state index in [0.717, 1.165) is 46.0 Å². The average molecular weight is 526 g/mol. The first-order valence-electron chi connectivity index (χ1n) is 9.83. The van der Waals surface area contributed by atoms with Crippen LogP contribution in [0, 0.1) is 12.7 Å². The van der Waals surface area contributed by atoms with Crippen molar-refractivity contribution in [3.05, 3.63) is 67.9 Å². The van der Waals surface area contributed by atoms with E-state index in [2.05, 4.69) is 43.8 Å². The second-order valence-corrected chi connectivity index (χ2v) is 10.1. The molecule has 0 saturated carbocycles. The molecule has 29 heavy (non-hydrogen) atoms. The molecular weight excluding hydrogens is 499 g/mol. The third-order valence-electron chi connectivity index (χ3n) is 5.97. The molecule has 2 aromatic carbocycles. The van der Waals surface area contributed by atoms with Crippen molar-refractivity contribution < 1.29 is 9.18 Å². The number of benzene rings is 2. The summed E-state index contributed by atoms with van der Waals surface area (Å²) < 4.78 is 15.8. The van der Waals surface area contributed by atoms with Crippen LogP contribution in [0.1, 0.15) is 36.0 Å². The predicted molar refractivity (Wildman–Crippen MR) is 122 cm³/mol. The fraction of sp³-hybridized carbons (Fsp3) is 0.435. The molecule has 2 aromatic rings. The second kappa shape index (κ2) is 9.27. The van der Waals surface area contributed by atoms with E-state index in [1.54, 1.807) is 11.8 Å². The highest BCUT2D eigenvalue weighted by molar-refractivity contribution is 9.11. The highest BCUT2D eigenvalue weighted by atomic mass is 79.9. The first kappa shape index (κ1) is 22.4. The van der Waals surface area contributed by atoms with E-state index < -0.39 is 0 Å². The van der Waals surface area contributed by atoms with Gasteiger partial charge < -0.3 is 9.80 Å². The lowest BCUT2D eigenvalue weighted by molar-refractivity contribution is -0.132. The maximum atomic E-state index is 13.9. The molecule has 0 radical (unpaired) electrons. The largest absolute Gasteiger partial charge is 0.341 e. The molecule has 156 valence electrons. The average Bonchev–Trinajstić information content (AvgIpc) is 2.65. The fourth-order valence-corrected chi connectivity index (χ4v) is 5.47. The van der Waals surface area contributed by atoms with Gasteiger partial charge in [0.2, 0.25) is 5.91 Å². The van der Waals surface area contributed by atoms with Crippen molar-refractivity contribution >= 4 is 37.8 Å². The Labute approximate surface area is 189 Å². The summed E-state index contributed by atoms with van der Waals surface area (Å²) in [7, 11) is 3.97. The quantitative estimate of drug-likeness (QED) is 0.502. The number of hydrogen-bond donors (Lipinski definition) is 0. The first-order chi connectivity index (χ1) is 13.7. The van der Waals surface area contributed by atoms with Gasteiger partial charge in [-0.3, -0.25) is 4.79 Å². The molecule has 0 bridgehead atoms. The Kier molecular flexibility index (Phi) is 7.18. The molecule has 0 N–H and O–H groups in total. The number of halogens is 3. The van der Waals surface area contributed by atoms with Crippen molar-refractivity contribution in [3.63, 3.8) is 0 Å². The minimum atomic E-state index is -0.242. The van der Waals surface area contributed by atoms with Gasteiger partial charge in [-0.2, -0.15) is 0 Å². The van der Waals surface area contributed by atoms with Crippen LogP contribution >= 0.6 is 31.9 Å². The standard InChI is InChI=1S/C23H27Br2FN2O/c1-16-10-18(4-5-21(16)26)23(6-8-27(2)9-7-23)14-22(29)28(3)15-17-11-19(24)13-20(25)12-17/h4-5,10-13H,6-9,14-15H2,1-3H3. The first-order valence-corrected chi connectivity index (χ1v) is 11.4. The molecule has 1 heterocycles. The number of hydrogen-bond acceptors (Lipinski definition) is 2. The summed E-state index contributed by atoms with van der Waals surface area (Å²) in [6, 6.07) is 11.4. The van der Waals surface area contributed by atoms with E-state index in [4.69, 9.17) is 0 Å². The molecule has 1 fully saturated rings. The third kappa shape index (κ3) is 5.47. The van der Waals surface area contributed by atoms with Gasteiger partial charge >= 0.3 is 0 Å². The van der Waals surface area contributed by atoms with Gasteiger partial charge in [0.15, 0.2) is 0 Å². The normalized spacial score (nSPS) is 16.6. The minimum Gasteiger partial charge on any atom is -0.341 e. The van der Waals surface area contributed by atoms with Crippen LogP contribution in [0.25, 0.3) is 0 Å². The van der Waals surface area contributed by atoms with Crippen LogP contribution in [-0.4, -0.2) is 42.9 Å². The molecule has 0 atom stereocenters. The number of aryl methyl sites for hydroxylation is 1. The molecule has 6 heteroatoms. The lowest BCUT2D eigenvalue weighted by Crippen LogP contribution is -2.44. The summed E-state index contributed by atoms with van der Waals surface area (Å²) >= 11 is 7.02. The van der Waals surface area contributed by atoms with E-state index >= 15 is 0 Å². The zero-order chi connectivity index (χ0) is 21.2. The van der Waals surface area contributed by atoms with Gasteiger partial charge in [-0.25, -0.2) is 4.39 Å². The maximum Gasteiger partial charge on any atom is 0.223 e. The number of carbonyl (C=O) groups excluding carboxylic acids is 1. The molecule has 0 aromatic heterocycles. The molecule has 0 aliphatic carbocycles. The Balaban J connectivity index is 1.81. The SMILES string of the molecule is Cc1cc(C2(CC(=O)N(C)Cc3cc(Br)cc(Br)c3)CCN(C)CC2)ccc1F. The summed E-state index contributed by atoms with van der Waals surface area (Å²) in [6.07, 6.45) is 2.24. The molecule has 3 rings (SSSR count). The highest BCUT2D eigenvalue weighted by Crippen LogP contribution is 2.39. The number of amides is 1. The van der Waals surface area contributed by atoms with Crippen LogP contribution in [0.2, 0.25) is 0 Å². The van der Waals surface area contributed by atoms with Gasteiger partial charge in [-0.1, -0.05) is 44.0 Å². The molecular formula is C23H27Br2FN2O. The van der Waals surface area contributed by atoms with Gasteiger partial charge in [0.05, 0.1) is 0 Å². The second-order valence-electron chi connectivity index (χ2n) is 8.25. The van der Waals surface area contributed by atoms with E-state index in [0.29, 0.717) is 18.5 Å². The maximum absolute atomic E-state index is 13.9. The number of rotatable bonds is 5.